The summed E-state index contributed by atoms with van der Waals surface area (Å²) in [5.74, 6) is 0. The second kappa shape index (κ2) is 5.27. The summed E-state index contributed by atoms with van der Waals surface area (Å²) in [4.78, 5) is 0. The summed E-state index contributed by atoms with van der Waals surface area (Å²) in [6, 6.07) is 20.9. The Morgan fingerprint density at radius 1 is 0.944 bits per heavy atom. The number of benzene rings is 2. The fraction of sp³-hybridized carbons (Fsp3) is 0.133. The highest BCUT2D eigenvalue weighted by atomic mass is 32.2. The number of nitrogens with zero attached hydrogens (tertiary/aromatic N) is 1. The van der Waals surface area contributed by atoms with E-state index in [4.69, 9.17) is 0 Å². The van der Waals surface area contributed by atoms with Crippen LogP contribution in [0.1, 0.15) is 16.5 Å². The molecular formula is C15H14N2S. The SMILES string of the molecule is c1ccc(CC2=NN[C@H](c3ccccc3)S2)cc1. The molecule has 0 radical (unpaired) electrons. The fourth-order valence-corrected chi connectivity index (χ4v) is 2.97. The zero-order valence-corrected chi connectivity index (χ0v) is 10.7. The lowest BCUT2D eigenvalue weighted by molar-refractivity contribution is 0.742. The normalized spacial score (nSPS) is 18.2. The highest BCUT2D eigenvalue weighted by Gasteiger charge is 2.20. The lowest BCUT2D eigenvalue weighted by atomic mass is 10.2. The molecule has 3 heteroatoms. The van der Waals surface area contributed by atoms with Gasteiger partial charge in [-0.15, -0.1) is 0 Å². The van der Waals surface area contributed by atoms with E-state index < -0.39 is 0 Å². The first kappa shape index (κ1) is 11.4. The van der Waals surface area contributed by atoms with Crippen LogP contribution in [0, 0.1) is 0 Å². The highest BCUT2D eigenvalue weighted by Crippen LogP contribution is 2.32. The van der Waals surface area contributed by atoms with Crippen LogP contribution in [0.4, 0.5) is 0 Å². The van der Waals surface area contributed by atoms with Crippen LogP contribution in [0.5, 0.6) is 0 Å². The summed E-state index contributed by atoms with van der Waals surface area (Å²) in [5, 5.41) is 5.82. The van der Waals surface area contributed by atoms with Crippen LogP contribution in [-0.2, 0) is 6.42 Å². The zero-order valence-electron chi connectivity index (χ0n) is 9.91. The van der Waals surface area contributed by atoms with Gasteiger partial charge in [-0.3, -0.25) is 5.43 Å². The van der Waals surface area contributed by atoms with Gasteiger partial charge in [0.1, 0.15) is 5.37 Å². The fourth-order valence-electron chi connectivity index (χ4n) is 1.94. The number of hydrogen-bond acceptors (Lipinski definition) is 3. The molecule has 0 aliphatic carbocycles. The van der Waals surface area contributed by atoms with E-state index in [1.54, 1.807) is 11.8 Å². The number of hydrogen-bond donors (Lipinski definition) is 1. The molecule has 0 spiro atoms. The highest BCUT2D eigenvalue weighted by molar-refractivity contribution is 8.14. The third kappa shape index (κ3) is 2.57. The Balaban J connectivity index is 1.65. The summed E-state index contributed by atoms with van der Waals surface area (Å²) >= 11 is 1.80. The van der Waals surface area contributed by atoms with Crippen molar-refractivity contribution < 1.29 is 0 Å². The molecular weight excluding hydrogens is 240 g/mol. The standard InChI is InChI=1S/C15H14N2S/c1-3-7-12(8-4-1)11-14-16-17-15(18-14)13-9-5-2-6-10-13/h1-10,15,17H,11H2/t15-/m0/s1. The molecule has 0 aromatic heterocycles. The maximum Gasteiger partial charge on any atom is 0.120 e. The zero-order chi connectivity index (χ0) is 12.2. The monoisotopic (exact) mass is 254 g/mol. The third-order valence-electron chi connectivity index (χ3n) is 2.86. The van der Waals surface area contributed by atoms with Gasteiger partial charge in [-0.2, -0.15) is 5.10 Å². The maximum absolute atomic E-state index is 4.42. The molecule has 1 N–H and O–H groups in total. The molecule has 0 bridgehead atoms. The van der Waals surface area contributed by atoms with Crippen LogP contribution in [-0.4, -0.2) is 5.04 Å². The molecule has 90 valence electrons. The van der Waals surface area contributed by atoms with Crippen LogP contribution in [0.3, 0.4) is 0 Å². The smallest absolute Gasteiger partial charge is 0.120 e. The van der Waals surface area contributed by atoms with E-state index in [-0.39, 0.29) is 5.37 Å². The molecule has 1 aliphatic heterocycles. The maximum atomic E-state index is 4.42. The first-order valence-corrected chi connectivity index (χ1v) is 6.87. The second-order valence-corrected chi connectivity index (χ2v) is 5.38. The number of hydrazone groups is 1. The molecule has 0 fully saturated rings. The van der Waals surface area contributed by atoms with Gasteiger partial charge < -0.3 is 0 Å². The van der Waals surface area contributed by atoms with Crippen molar-refractivity contribution in [3.63, 3.8) is 0 Å². The molecule has 18 heavy (non-hydrogen) atoms. The third-order valence-corrected chi connectivity index (χ3v) is 3.98. The van der Waals surface area contributed by atoms with Gasteiger partial charge in [-0.05, 0) is 11.1 Å². The molecule has 2 aromatic rings. The van der Waals surface area contributed by atoms with Crippen LogP contribution in [0.25, 0.3) is 0 Å². The first-order valence-electron chi connectivity index (χ1n) is 5.99. The van der Waals surface area contributed by atoms with Crippen molar-refractivity contribution >= 4 is 16.8 Å². The Bertz CT molecular complexity index is 537. The number of thioether (sulfide) groups is 1. The number of rotatable bonds is 3. The Morgan fingerprint density at radius 2 is 1.61 bits per heavy atom. The summed E-state index contributed by atoms with van der Waals surface area (Å²) in [7, 11) is 0. The van der Waals surface area contributed by atoms with Crippen molar-refractivity contribution in [1.82, 2.24) is 5.43 Å². The molecule has 2 nitrogen and oxygen atoms in total. The molecule has 0 saturated heterocycles. The van der Waals surface area contributed by atoms with Crippen molar-refractivity contribution in [3.05, 3.63) is 71.8 Å². The Kier molecular flexibility index (Phi) is 3.33. The second-order valence-electron chi connectivity index (χ2n) is 4.21. The summed E-state index contributed by atoms with van der Waals surface area (Å²) in [6.45, 7) is 0. The molecule has 1 aliphatic rings. The van der Waals surface area contributed by atoms with Crippen molar-refractivity contribution in [1.29, 1.82) is 0 Å². The van der Waals surface area contributed by atoms with Gasteiger partial charge in [0, 0.05) is 6.42 Å². The predicted octanol–water partition coefficient (Wildman–Crippen LogP) is 3.58. The largest absolute Gasteiger partial charge is 0.291 e. The lowest BCUT2D eigenvalue weighted by Gasteiger charge is -2.08. The van der Waals surface area contributed by atoms with E-state index in [9.17, 15) is 0 Å². The van der Waals surface area contributed by atoms with Gasteiger partial charge in [0.2, 0.25) is 0 Å². The Labute approximate surface area is 111 Å². The van der Waals surface area contributed by atoms with Crippen LogP contribution in [0.2, 0.25) is 0 Å². The Morgan fingerprint density at radius 3 is 2.33 bits per heavy atom. The first-order chi connectivity index (χ1) is 8.92. The van der Waals surface area contributed by atoms with E-state index in [0.29, 0.717) is 0 Å². The predicted molar refractivity (Wildman–Crippen MR) is 77.5 cm³/mol. The van der Waals surface area contributed by atoms with E-state index in [2.05, 4.69) is 59.1 Å². The van der Waals surface area contributed by atoms with Crippen molar-refractivity contribution in [2.75, 3.05) is 0 Å². The average Bonchev–Trinajstić information content (AvgIpc) is 2.89. The van der Waals surface area contributed by atoms with Gasteiger partial charge in [0.15, 0.2) is 0 Å². The topological polar surface area (TPSA) is 24.4 Å². The molecule has 1 heterocycles. The van der Waals surface area contributed by atoms with Gasteiger partial charge >= 0.3 is 0 Å². The lowest BCUT2D eigenvalue weighted by Crippen LogP contribution is -2.05. The van der Waals surface area contributed by atoms with E-state index in [1.807, 2.05) is 12.1 Å². The minimum absolute atomic E-state index is 0.255. The van der Waals surface area contributed by atoms with Crippen molar-refractivity contribution in [2.24, 2.45) is 5.10 Å². The van der Waals surface area contributed by atoms with E-state index in [0.717, 1.165) is 11.5 Å². The van der Waals surface area contributed by atoms with Gasteiger partial charge in [-0.1, -0.05) is 72.4 Å². The quantitative estimate of drug-likeness (QED) is 0.905. The van der Waals surface area contributed by atoms with Crippen molar-refractivity contribution in [2.45, 2.75) is 11.8 Å². The minimum Gasteiger partial charge on any atom is -0.291 e. The van der Waals surface area contributed by atoms with Crippen LogP contribution >= 0.6 is 11.8 Å². The Hall–Kier alpha value is -1.74. The summed E-state index contributed by atoms with van der Waals surface area (Å²) in [5.41, 5.74) is 5.77. The molecule has 3 rings (SSSR count). The van der Waals surface area contributed by atoms with E-state index in [1.165, 1.54) is 11.1 Å². The van der Waals surface area contributed by atoms with Crippen molar-refractivity contribution in [3.8, 4) is 0 Å². The summed E-state index contributed by atoms with van der Waals surface area (Å²) < 4.78 is 0. The van der Waals surface area contributed by atoms with Crippen LogP contribution in [0.15, 0.2) is 65.8 Å². The van der Waals surface area contributed by atoms with Crippen LogP contribution < -0.4 is 5.43 Å². The molecule has 0 saturated carbocycles. The molecule has 1 atom stereocenters. The molecule has 2 aromatic carbocycles. The molecule has 0 unspecified atom stereocenters. The van der Waals surface area contributed by atoms with Gasteiger partial charge in [0.05, 0.1) is 5.04 Å². The van der Waals surface area contributed by atoms with E-state index >= 15 is 0 Å². The number of nitrogens with one attached hydrogen (secondary N) is 1. The molecule has 0 amide bonds. The van der Waals surface area contributed by atoms with Gasteiger partial charge in [0.25, 0.3) is 0 Å². The summed E-state index contributed by atoms with van der Waals surface area (Å²) in [6.07, 6.45) is 0.905. The minimum atomic E-state index is 0.255. The average molecular weight is 254 g/mol. The van der Waals surface area contributed by atoms with Gasteiger partial charge in [-0.25, -0.2) is 0 Å².